The largest absolute Gasteiger partial charge is 0.481 e. The molecule has 19 heavy (non-hydrogen) atoms. The van der Waals surface area contributed by atoms with Crippen LogP contribution in [0.2, 0.25) is 0 Å². The molecule has 2 aromatic carbocycles. The highest BCUT2D eigenvalue weighted by molar-refractivity contribution is 7.73. The summed E-state index contributed by atoms with van der Waals surface area (Å²) in [7, 11) is -0.604. The van der Waals surface area contributed by atoms with Crippen LogP contribution >= 0.6 is 7.92 Å². The lowest BCUT2D eigenvalue weighted by molar-refractivity contribution is -0.140. The van der Waals surface area contributed by atoms with Gasteiger partial charge in [-0.3, -0.25) is 4.79 Å². The van der Waals surface area contributed by atoms with Crippen LogP contribution in [0.3, 0.4) is 0 Å². The van der Waals surface area contributed by atoms with E-state index in [-0.39, 0.29) is 5.92 Å². The number of hydrogen-bond acceptors (Lipinski definition) is 1. The fourth-order valence-corrected chi connectivity index (χ4v) is 4.42. The van der Waals surface area contributed by atoms with Crippen LogP contribution in [0.15, 0.2) is 60.7 Å². The molecular formula is C16H17O2P. The van der Waals surface area contributed by atoms with Gasteiger partial charge in [-0.05, 0) is 24.7 Å². The first-order chi connectivity index (χ1) is 9.18. The summed E-state index contributed by atoms with van der Waals surface area (Å²) in [6, 6.07) is 20.4. The molecule has 0 bridgehead atoms. The van der Waals surface area contributed by atoms with E-state index >= 15 is 0 Å². The van der Waals surface area contributed by atoms with Crippen LogP contribution in [0, 0.1) is 5.92 Å². The predicted molar refractivity (Wildman–Crippen MR) is 80.7 cm³/mol. The van der Waals surface area contributed by atoms with E-state index < -0.39 is 13.9 Å². The van der Waals surface area contributed by atoms with Gasteiger partial charge in [0.2, 0.25) is 0 Å². The molecule has 0 aliphatic rings. The molecule has 0 aromatic heterocycles. The average molecular weight is 272 g/mol. The smallest absolute Gasteiger partial charge is 0.306 e. The van der Waals surface area contributed by atoms with Crippen molar-refractivity contribution in [3.05, 3.63) is 60.7 Å². The molecule has 1 atom stereocenters. The molecule has 0 saturated heterocycles. The lowest BCUT2D eigenvalue weighted by Crippen LogP contribution is -2.21. The molecule has 0 fully saturated rings. The van der Waals surface area contributed by atoms with Crippen molar-refractivity contribution in [3.8, 4) is 0 Å². The normalized spacial score (nSPS) is 12.3. The van der Waals surface area contributed by atoms with Crippen LogP contribution in [-0.2, 0) is 4.79 Å². The first kappa shape index (κ1) is 13.8. The van der Waals surface area contributed by atoms with Gasteiger partial charge in [0.15, 0.2) is 0 Å². The minimum atomic E-state index is -0.723. The van der Waals surface area contributed by atoms with Gasteiger partial charge < -0.3 is 5.11 Å². The van der Waals surface area contributed by atoms with E-state index in [4.69, 9.17) is 5.11 Å². The Kier molecular flexibility index (Phi) is 4.70. The molecule has 2 aromatic rings. The van der Waals surface area contributed by atoms with Gasteiger partial charge in [-0.25, -0.2) is 0 Å². The van der Waals surface area contributed by atoms with E-state index in [0.29, 0.717) is 6.16 Å². The van der Waals surface area contributed by atoms with Crippen LogP contribution in [-0.4, -0.2) is 17.2 Å². The summed E-state index contributed by atoms with van der Waals surface area (Å²) < 4.78 is 0. The number of aliphatic carboxylic acids is 1. The summed E-state index contributed by atoms with van der Waals surface area (Å²) in [6.07, 6.45) is 0.679. The number of carbonyl (C=O) groups is 1. The molecular weight excluding hydrogens is 255 g/mol. The summed E-state index contributed by atoms with van der Waals surface area (Å²) in [5, 5.41) is 11.6. The van der Waals surface area contributed by atoms with Crippen molar-refractivity contribution in [1.82, 2.24) is 0 Å². The Morgan fingerprint density at radius 3 is 1.79 bits per heavy atom. The van der Waals surface area contributed by atoms with Crippen LogP contribution in [0.5, 0.6) is 0 Å². The first-order valence-electron chi connectivity index (χ1n) is 6.29. The average Bonchev–Trinajstić information content (AvgIpc) is 2.46. The van der Waals surface area contributed by atoms with Gasteiger partial charge in [0.1, 0.15) is 0 Å². The highest BCUT2D eigenvalue weighted by Gasteiger charge is 2.20. The summed E-state index contributed by atoms with van der Waals surface area (Å²) in [5.41, 5.74) is 0. The Morgan fingerprint density at radius 2 is 1.42 bits per heavy atom. The van der Waals surface area contributed by atoms with E-state index in [1.165, 1.54) is 10.6 Å². The van der Waals surface area contributed by atoms with Gasteiger partial charge in [0.25, 0.3) is 0 Å². The fourth-order valence-electron chi connectivity index (χ4n) is 1.93. The number of benzene rings is 2. The third kappa shape index (κ3) is 3.65. The second kappa shape index (κ2) is 6.49. The van der Waals surface area contributed by atoms with Crippen molar-refractivity contribution in [2.24, 2.45) is 5.92 Å². The topological polar surface area (TPSA) is 37.3 Å². The maximum atomic E-state index is 11.1. The Bertz CT molecular complexity index is 485. The quantitative estimate of drug-likeness (QED) is 0.850. The summed E-state index contributed by atoms with van der Waals surface area (Å²) >= 11 is 0. The molecule has 0 amide bonds. The maximum Gasteiger partial charge on any atom is 0.306 e. The van der Waals surface area contributed by atoms with E-state index in [2.05, 4.69) is 24.3 Å². The zero-order chi connectivity index (χ0) is 13.7. The summed E-state index contributed by atoms with van der Waals surface area (Å²) in [6.45, 7) is 1.78. The third-order valence-corrected chi connectivity index (χ3v) is 5.77. The molecule has 0 aliphatic carbocycles. The maximum absolute atomic E-state index is 11.1. The molecule has 1 N–H and O–H groups in total. The second-order valence-corrected chi connectivity index (χ2v) is 6.77. The first-order valence-corrected chi connectivity index (χ1v) is 7.81. The molecule has 0 spiro atoms. The van der Waals surface area contributed by atoms with Gasteiger partial charge in [-0.1, -0.05) is 67.6 Å². The lowest BCUT2D eigenvalue weighted by atomic mass is 10.2. The van der Waals surface area contributed by atoms with Gasteiger partial charge in [-0.2, -0.15) is 0 Å². The summed E-state index contributed by atoms with van der Waals surface area (Å²) in [5.74, 6) is -1.05. The molecule has 2 nitrogen and oxygen atoms in total. The van der Waals surface area contributed by atoms with E-state index in [9.17, 15) is 4.79 Å². The monoisotopic (exact) mass is 272 g/mol. The minimum Gasteiger partial charge on any atom is -0.481 e. The van der Waals surface area contributed by atoms with Gasteiger partial charge in [-0.15, -0.1) is 0 Å². The minimum absolute atomic E-state index is 0.327. The molecule has 2 rings (SSSR count). The zero-order valence-corrected chi connectivity index (χ0v) is 11.8. The predicted octanol–water partition coefficient (Wildman–Crippen LogP) is 2.84. The zero-order valence-electron chi connectivity index (χ0n) is 10.9. The molecule has 0 radical (unpaired) electrons. The molecule has 3 heteroatoms. The van der Waals surface area contributed by atoms with Gasteiger partial charge in [0.05, 0.1) is 5.92 Å². The molecule has 0 aliphatic heterocycles. The van der Waals surface area contributed by atoms with Gasteiger partial charge >= 0.3 is 5.97 Å². The van der Waals surface area contributed by atoms with Crippen molar-refractivity contribution in [3.63, 3.8) is 0 Å². The molecule has 0 saturated carbocycles. The molecule has 98 valence electrons. The number of carboxylic acid groups (broad SMARTS) is 1. The van der Waals surface area contributed by atoms with Gasteiger partial charge in [0, 0.05) is 0 Å². The van der Waals surface area contributed by atoms with Crippen LogP contribution in [0.1, 0.15) is 6.92 Å². The lowest BCUT2D eigenvalue weighted by Gasteiger charge is -2.20. The van der Waals surface area contributed by atoms with Crippen molar-refractivity contribution >= 4 is 24.5 Å². The van der Waals surface area contributed by atoms with E-state index in [1.807, 2.05) is 36.4 Å². The Morgan fingerprint density at radius 1 is 1.00 bits per heavy atom. The Balaban J connectivity index is 2.32. The second-order valence-electron chi connectivity index (χ2n) is 4.52. The van der Waals surface area contributed by atoms with Crippen LogP contribution in [0.25, 0.3) is 0 Å². The van der Waals surface area contributed by atoms with Crippen molar-refractivity contribution < 1.29 is 9.90 Å². The van der Waals surface area contributed by atoms with Crippen LogP contribution in [0.4, 0.5) is 0 Å². The Hall–Kier alpha value is -1.66. The highest BCUT2D eigenvalue weighted by Crippen LogP contribution is 2.35. The summed E-state index contributed by atoms with van der Waals surface area (Å²) in [4.78, 5) is 11.1. The van der Waals surface area contributed by atoms with E-state index in [0.717, 1.165) is 0 Å². The number of rotatable bonds is 5. The number of hydrogen-bond donors (Lipinski definition) is 1. The van der Waals surface area contributed by atoms with Crippen LogP contribution < -0.4 is 10.6 Å². The van der Waals surface area contributed by atoms with Crippen molar-refractivity contribution in [2.75, 3.05) is 6.16 Å². The number of carboxylic acids is 1. The standard InChI is InChI=1S/C16H17O2P/c1-13(16(17)18)12-19(14-8-4-2-5-9-14)15-10-6-3-7-11-15/h2-11,13H,12H2,1H3,(H,17,18). The fraction of sp³-hybridized carbons (Fsp3) is 0.188. The Labute approximate surface area is 114 Å². The van der Waals surface area contributed by atoms with Crippen molar-refractivity contribution in [2.45, 2.75) is 6.92 Å². The van der Waals surface area contributed by atoms with E-state index in [1.54, 1.807) is 6.92 Å². The van der Waals surface area contributed by atoms with Crippen molar-refractivity contribution in [1.29, 1.82) is 0 Å². The molecule has 1 unspecified atom stereocenters. The highest BCUT2D eigenvalue weighted by atomic mass is 31.1. The molecule has 0 heterocycles. The third-order valence-electron chi connectivity index (χ3n) is 3.01. The SMILES string of the molecule is CC(CP(c1ccccc1)c1ccccc1)C(=O)O.